The fraction of sp³-hybridized carbons (Fsp3) is 0.538. The summed E-state index contributed by atoms with van der Waals surface area (Å²) in [6.07, 6.45) is 1.86. The summed E-state index contributed by atoms with van der Waals surface area (Å²) >= 11 is 1.58. The minimum Gasteiger partial charge on any atom is -0.335 e. The minimum absolute atomic E-state index is 0.0612. The molecule has 0 spiro atoms. The topological polar surface area (TPSA) is 40.9 Å². The van der Waals surface area contributed by atoms with Gasteiger partial charge in [0.1, 0.15) is 5.69 Å². The number of aromatic nitrogens is 2. The summed E-state index contributed by atoms with van der Waals surface area (Å²) in [5, 5.41) is 2.05. The lowest BCUT2D eigenvalue weighted by Crippen LogP contribution is -2.48. The van der Waals surface area contributed by atoms with Gasteiger partial charge in [0, 0.05) is 43.4 Å². The van der Waals surface area contributed by atoms with E-state index < -0.39 is 0 Å². The van der Waals surface area contributed by atoms with Crippen molar-refractivity contribution in [2.75, 3.05) is 32.7 Å². The van der Waals surface area contributed by atoms with E-state index in [9.17, 15) is 4.79 Å². The summed E-state index contributed by atoms with van der Waals surface area (Å²) in [6.45, 7) is 8.77. The van der Waals surface area contributed by atoms with E-state index in [1.165, 1.54) is 0 Å². The third-order valence-corrected chi connectivity index (χ3v) is 4.67. The number of imidazole rings is 1. The number of piperazine rings is 1. The van der Waals surface area contributed by atoms with Gasteiger partial charge in [0.25, 0.3) is 5.91 Å². The SMILES string of the molecule is CCN1CCN(C(=O)c2cn3c(C)csc3n2)CC1. The van der Waals surface area contributed by atoms with Crippen LogP contribution in [0.4, 0.5) is 0 Å². The van der Waals surface area contributed by atoms with E-state index in [-0.39, 0.29) is 5.91 Å². The van der Waals surface area contributed by atoms with Gasteiger partial charge in [-0.1, -0.05) is 6.92 Å². The average molecular weight is 278 g/mol. The van der Waals surface area contributed by atoms with Gasteiger partial charge in [-0.3, -0.25) is 9.20 Å². The van der Waals surface area contributed by atoms with Gasteiger partial charge < -0.3 is 9.80 Å². The number of rotatable bonds is 2. The number of aryl methyl sites for hydroxylation is 1. The second-order valence-corrected chi connectivity index (χ2v) is 5.72. The second-order valence-electron chi connectivity index (χ2n) is 4.88. The van der Waals surface area contributed by atoms with Gasteiger partial charge >= 0.3 is 0 Å². The van der Waals surface area contributed by atoms with Crippen LogP contribution in [0.15, 0.2) is 11.6 Å². The largest absolute Gasteiger partial charge is 0.335 e. The number of thiazole rings is 1. The molecule has 1 fully saturated rings. The third kappa shape index (κ3) is 2.26. The number of amides is 1. The van der Waals surface area contributed by atoms with Crippen LogP contribution in [0.3, 0.4) is 0 Å². The summed E-state index contributed by atoms with van der Waals surface area (Å²) in [5.41, 5.74) is 1.70. The quantitative estimate of drug-likeness (QED) is 0.835. The van der Waals surface area contributed by atoms with Gasteiger partial charge in [-0.15, -0.1) is 11.3 Å². The Morgan fingerprint density at radius 1 is 1.37 bits per heavy atom. The first kappa shape index (κ1) is 12.6. The molecule has 0 atom stereocenters. The first-order valence-electron chi connectivity index (χ1n) is 6.64. The Hall–Kier alpha value is -1.40. The van der Waals surface area contributed by atoms with Crippen LogP contribution in [-0.4, -0.2) is 57.8 Å². The van der Waals surface area contributed by atoms with Crippen LogP contribution in [0, 0.1) is 6.92 Å². The molecule has 1 aliphatic heterocycles. The Morgan fingerprint density at radius 3 is 2.74 bits per heavy atom. The average Bonchev–Trinajstić information content (AvgIpc) is 3.01. The molecule has 1 aliphatic rings. The molecular formula is C13H18N4OS. The molecule has 2 aromatic heterocycles. The van der Waals surface area contributed by atoms with Gasteiger partial charge in [0.15, 0.2) is 4.96 Å². The van der Waals surface area contributed by atoms with Crippen LogP contribution >= 0.6 is 11.3 Å². The summed E-state index contributed by atoms with van der Waals surface area (Å²) < 4.78 is 1.99. The molecule has 1 amide bonds. The zero-order valence-corrected chi connectivity index (χ0v) is 12.1. The van der Waals surface area contributed by atoms with Crippen LogP contribution < -0.4 is 0 Å². The molecule has 1 saturated heterocycles. The highest BCUT2D eigenvalue weighted by Crippen LogP contribution is 2.17. The summed E-state index contributed by atoms with van der Waals surface area (Å²) in [6, 6.07) is 0. The molecule has 0 radical (unpaired) electrons. The summed E-state index contributed by atoms with van der Waals surface area (Å²) in [7, 11) is 0. The summed E-state index contributed by atoms with van der Waals surface area (Å²) in [5.74, 6) is 0.0612. The number of hydrogen-bond acceptors (Lipinski definition) is 4. The van der Waals surface area contributed by atoms with Crippen molar-refractivity contribution in [1.82, 2.24) is 19.2 Å². The van der Waals surface area contributed by atoms with Gasteiger partial charge in [0.05, 0.1) is 0 Å². The maximum atomic E-state index is 12.4. The lowest BCUT2D eigenvalue weighted by molar-refractivity contribution is 0.0638. The van der Waals surface area contributed by atoms with Crippen molar-refractivity contribution >= 4 is 22.2 Å². The van der Waals surface area contributed by atoms with Crippen LogP contribution in [0.25, 0.3) is 4.96 Å². The van der Waals surface area contributed by atoms with Crippen molar-refractivity contribution in [3.05, 3.63) is 23.0 Å². The molecular weight excluding hydrogens is 260 g/mol. The van der Waals surface area contributed by atoms with Crippen molar-refractivity contribution in [3.8, 4) is 0 Å². The molecule has 3 heterocycles. The van der Waals surface area contributed by atoms with Crippen molar-refractivity contribution in [1.29, 1.82) is 0 Å². The zero-order valence-electron chi connectivity index (χ0n) is 11.3. The Bertz CT molecular complexity index is 595. The molecule has 0 aliphatic carbocycles. The van der Waals surface area contributed by atoms with Crippen LogP contribution in [-0.2, 0) is 0 Å². The molecule has 5 nitrogen and oxygen atoms in total. The van der Waals surface area contributed by atoms with Crippen LogP contribution in [0.2, 0.25) is 0 Å². The van der Waals surface area contributed by atoms with Gasteiger partial charge in [0.2, 0.25) is 0 Å². The molecule has 2 aromatic rings. The second kappa shape index (κ2) is 4.94. The predicted octanol–water partition coefficient (Wildman–Crippen LogP) is 1.48. The Labute approximate surface area is 116 Å². The predicted molar refractivity (Wildman–Crippen MR) is 75.8 cm³/mol. The van der Waals surface area contributed by atoms with E-state index in [1.54, 1.807) is 11.3 Å². The normalized spacial score (nSPS) is 17.3. The Morgan fingerprint density at radius 2 is 2.11 bits per heavy atom. The van der Waals surface area contributed by atoms with Crippen molar-refractivity contribution in [3.63, 3.8) is 0 Å². The fourth-order valence-electron chi connectivity index (χ4n) is 2.43. The molecule has 0 aromatic carbocycles. The number of carbonyl (C=O) groups is 1. The lowest BCUT2D eigenvalue weighted by atomic mass is 10.3. The van der Waals surface area contributed by atoms with Crippen molar-refractivity contribution in [2.45, 2.75) is 13.8 Å². The number of fused-ring (bicyclic) bond motifs is 1. The maximum Gasteiger partial charge on any atom is 0.274 e. The standard InChI is InChI=1S/C13H18N4OS/c1-3-15-4-6-16(7-5-15)12(18)11-8-17-10(2)9-19-13(17)14-11/h8-9H,3-7H2,1-2H3. The van der Waals surface area contributed by atoms with E-state index in [1.807, 2.05) is 22.4 Å². The lowest BCUT2D eigenvalue weighted by Gasteiger charge is -2.33. The molecule has 3 rings (SSSR count). The maximum absolute atomic E-state index is 12.4. The van der Waals surface area contributed by atoms with Crippen molar-refractivity contribution < 1.29 is 4.79 Å². The monoisotopic (exact) mass is 278 g/mol. The zero-order chi connectivity index (χ0) is 13.4. The van der Waals surface area contributed by atoms with Crippen LogP contribution in [0.5, 0.6) is 0 Å². The molecule has 0 N–H and O–H groups in total. The van der Waals surface area contributed by atoms with Gasteiger partial charge in [-0.25, -0.2) is 4.98 Å². The summed E-state index contributed by atoms with van der Waals surface area (Å²) in [4.78, 5) is 22.0. The molecule has 0 bridgehead atoms. The first-order chi connectivity index (χ1) is 9.19. The molecule has 6 heteroatoms. The van der Waals surface area contributed by atoms with E-state index in [4.69, 9.17) is 0 Å². The van der Waals surface area contributed by atoms with E-state index in [2.05, 4.69) is 22.2 Å². The fourth-order valence-corrected chi connectivity index (χ4v) is 3.28. The number of hydrogen-bond donors (Lipinski definition) is 0. The Kier molecular flexibility index (Phi) is 3.28. The molecule has 102 valence electrons. The highest BCUT2D eigenvalue weighted by Gasteiger charge is 2.23. The van der Waals surface area contributed by atoms with Gasteiger partial charge in [-0.05, 0) is 13.5 Å². The molecule has 19 heavy (non-hydrogen) atoms. The smallest absolute Gasteiger partial charge is 0.274 e. The van der Waals surface area contributed by atoms with Crippen LogP contribution in [0.1, 0.15) is 23.1 Å². The first-order valence-corrected chi connectivity index (χ1v) is 7.52. The Balaban J connectivity index is 1.76. The highest BCUT2D eigenvalue weighted by molar-refractivity contribution is 7.15. The number of likely N-dealkylation sites (N-methyl/N-ethyl adjacent to an activating group) is 1. The number of carbonyl (C=O) groups excluding carboxylic acids is 1. The molecule has 0 saturated carbocycles. The van der Waals surface area contributed by atoms with Crippen molar-refractivity contribution in [2.24, 2.45) is 0 Å². The van der Waals surface area contributed by atoms with Gasteiger partial charge in [-0.2, -0.15) is 0 Å². The third-order valence-electron chi connectivity index (χ3n) is 3.71. The van der Waals surface area contributed by atoms with E-state index >= 15 is 0 Å². The van der Waals surface area contributed by atoms with E-state index in [0.29, 0.717) is 5.69 Å². The minimum atomic E-state index is 0.0612. The highest BCUT2D eigenvalue weighted by atomic mass is 32.1. The van der Waals surface area contributed by atoms with E-state index in [0.717, 1.165) is 43.4 Å². The number of nitrogens with zero attached hydrogens (tertiary/aromatic N) is 4. The molecule has 0 unspecified atom stereocenters.